The lowest BCUT2D eigenvalue weighted by Gasteiger charge is -2.30. The molecule has 0 amide bonds. The Kier molecular flexibility index (Phi) is 5.36. The highest BCUT2D eigenvalue weighted by atomic mass is 35.5. The van der Waals surface area contributed by atoms with Gasteiger partial charge in [0, 0.05) is 28.6 Å². The first-order chi connectivity index (χ1) is 11.6. The summed E-state index contributed by atoms with van der Waals surface area (Å²) in [6, 6.07) is 12.1. The Labute approximate surface area is 148 Å². The number of aryl methyl sites for hydroxylation is 1. The fraction of sp³-hybridized carbons (Fsp3) is 0.368. The molecule has 0 spiro atoms. The Bertz CT molecular complexity index is 691. The zero-order valence-electron chi connectivity index (χ0n) is 13.8. The van der Waals surface area contributed by atoms with E-state index in [4.69, 9.17) is 17.0 Å². The average molecular weight is 343 g/mol. The highest BCUT2D eigenvalue weighted by Gasteiger charge is 2.23. The maximum absolute atomic E-state index is 8.10. The normalized spacial score (nSPS) is 20.4. The molecule has 5 heteroatoms. The van der Waals surface area contributed by atoms with Crippen molar-refractivity contribution in [1.82, 2.24) is 10.3 Å². The molecule has 2 aromatic rings. The number of hydrogen-bond acceptors (Lipinski definition) is 2. The zero-order chi connectivity index (χ0) is 16.9. The Balaban J connectivity index is 1.48. The maximum atomic E-state index is 8.10. The molecule has 3 N–H and O–H groups in total. The molecule has 126 valence electrons. The minimum Gasteiger partial charge on any atom is -0.354 e. The lowest BCUT2D eigenvalue weighted by Crippen LogP contribution is -2.40. The number of rotatable bonds is 3. The Hall–Kier alpha value is -2.07. The number of anilines is 1. The van der Waals surface area contributed by atoms with E-state index in [9.17, 15) is 0 Å². The maximum Gasteiger partial charge on any atom is 0.193 e. The fourth-order valence-corrected chi connectivity index (χ4v) is 3.44. The molecule has 0 aliphatic heterocycles. The molecule has 1 saturated carbocycles. The Morgan fingerprint density at radius 2 is 1.83 bits per heavy atom. The van der Waals surface area contributed by atoms with Crippen molar-refractivity contribution in [2.24, 2.45) is 0 Å². The van der Waals surface area contributed by atoms with Crippen LogP contribution in [-0.4, -0.2) is 17.0 Å². The van der Waals surface area contributed by atoms with Gasteiger partial charge in [-0.15, -0.1) is 0 Å². The second kappa shape index (κ2) is 7.67. The Morgan fingerprint density at radius 3 is 2.50 bits per heavy atom. The molecule has 0 bridgehead atoms. The van der Waals surface area contributed by atoms with Gasteiger partial charge in [-0.3, -0.25) is 10.4 Å². The van der Waals surface area contributed by atoms with Gasteiger partial charge in [-0.1, -0.05) is 11.6 Å². The standard InChI is InChI=1S/C19H23ClN4/c1-13-12-15(10-11-22-13)14-2-6-17(7-3-14)23-19(21)24-18-8-4-16(20)5-9-18/h4-5,8-12,14,17H,2-3,6-7H2,1H3,(H3,21,23,24). The minimum absolute atomic E-state index is 0.348. The van der Waals surface area contributed by atoms with Crippen molar-refractivity contribution >= 4 is 23.2 Å². The number of halogens is 1. The van der Waals surface area contributed by atoms with Crippen LogP contribution in [0, 0.1) is 12.3 Å². The van der Waals surface area contributed by atoms with Crippen molar-refractivity contribution in [1.29, 1.82) is 5.41 Å². The number of pyridine rings is 1. The second-order valence-corrected chi connectivity index (χ2v) is 6.87. The van der Waals surface area contributed by atoms with Crippen molar-refractivity contribution in [3.63, 3.8) is 0 Å². The number of hydrogen-bond donors (Lipinski definition) is 3. The van der Waals surface area contributed by atoms with E-state index in [0.717, 1.165) is 37.1 Å². The van der Waals surface area contributed by atoms with Crippen LogP contribution < -0.4 is 10.6 Å². The molecule has 24 heavy (non-hydrogen) atoms. The Morgan fingerprint density at radius 1 is 1.12 bits per heavy atom. The molecule has 0 saturated heterocycles. The van der Waals surface area contributed by atoms with E-state index in [1.165, 1.54) is 5.56 Å². The van der Waals surface area contributed by atoms with Gasteiger partial charge in [0.05, 0.1) is 0 Å². The van der Waals surface area contributed by atoms with Crippen LogP contribution in [0.1, 0.15) is 42.9 Å². The summed E-state index contributed by atoms with van der Waals surface area (Å²) in [5.74, 6) is 0.962. The molecule has 4 nitrogen and oxygen atoms in total. The molecule has 1 heterocycles. The van der Waals surface area contributed by atoms with Crippen molar-refractivity contribution in [3.8, 4) is 0 Å². The topological polar surface area (TPSA) is 60.8 Å². The molecule has 1 fully saturated rings. The molecule has 3 rings (SSSR count). The van der Waals surface area contributed by atoms with Gasteiger partial charge in [-0.2, -0.15) is 0 Å². The third-order valence-corrected chi connectivity index (χ3v) is 4.83. The summed E-state index contributed by atoms with van der Waals surface area (Å²) in [7, 11) is 0. The van der Waals surface area contributed by atoms with Gasteiger partial charge in [0.15, 0.2) is 5.96 Å². The highest BCUT2D eigenvalue weighted by Crippen LogP contribution is 2.32. The van der Waals surface area contributed by atoms with Crippen molar-refractivity contribution in [3.05, 3.63) is 58.9 Å². The van der Waals surface area contributed by atoms with Gasteiger partial charge in [0.25, 0.3) is 0 Å². The van der Waals surface area contributed by atoms with Gasteiger partial charge in [0.1, 0.15) is 0 Å². The molecule has 1 aliphatic carbocycles. The molecular weight excluding hydrogens is 320 g/mol. The summed E-state index contributed by atoms with van der Waals surface area (Å²) in [5, 5.41) is 15.2. The first kappa shape index (κ1) is 16.8. The summed E-state index contributed by atoms with van der Waals surface area (Å²) < 4.78 is 0. The van der Waals surface area contributed by atoms with Gasteiger partial charge < -0.3 is 10.6 Å². The molecular formula is C19H23ClN4. The quantitative estimate of drug-likeness (QED) is 0.559. The number of aromatic nitrogens is 1. The summed E-state index contributed by atoms with van der Waals surface area (Å²) in [6.07, 6.45) is 6.36. The molecule has 0 unspecified atom stereocenters. The van der Waals surface area contributed by atoms with Crippen LogP contribution in [0.4, 0.5) is 5.69 Å². The van der Waals surface area contributed by atoms with Gasteiger partial charge >= 0.3 is 0 Å². The van der Waals surface area contributed by atoms with Crippen molar-refractivity contribution < 1.29 is 0 Å². The largest absolute Gasteiger partial charge is 0.354 e. The zero-order valence-corrected chi connectivity index (χ0v) is 14.6. The number of guanidine groups is 1. The molecule has 1 aliphatic rings. The van der Waals surface area contributed by atoms with E-state index in [-0.39, 0.29) is 0 Å². The highest BCUT2D eigenvalue weighted by molar-refractivity contribution is 6.30. The van der Waals surface area contributed by atoms with Crippen molar-refractivity contribution in [2.75, 3.05) is 5.32 Å². The SMILES string of the molecule is Cc1cc(C2CCC(NC(=N)Nc3ccc(Cl)cc3)CC2)ccn1. The van der Waals surface area contributed by atoms with Crippen LogP contribution in [0.15, 0.2) is 42.6 Å². The summed E-state index contributed by atoms with van der Waals surface area (Å²) in [5.41, 5.74) is 3.36. The average Bonchev–Trinajstić information content (AvgIpc) is 2.58. The monoisotopic (exact) mass is 342 g/mol. The molecule has 1 aromatic heterocycles. The van der Waals surface area contributed by atoms with Gasteiger partial charge in [-0.25, -0.2) is 0 Å². The van der Waals surface area contributed by atoms with E-state index < -0.39 is 0 Å². The molecule has 0 atom stereocenters. The van der Waals surface area contributed by atoms with Crippen LogP contribution in [-0.2, 0) is 0 Å². The van der Waals surface area contributed by atoms with Crippen LogP contribution in [0.25, 0.3) is 0 Å². The first-order valence-corrected chi connectivity index (χ1v) is 8.78. The van der Waals surface area contributed by atoms with Crippen LogP contribution in [0.5, 0.6) is 0 Å². The third kappa shape index (κ3) is 4.48. The van der Waals surface area contributed by atoms with E-state index >= 15 is 0 Å². The molecule has 0 radical (unpaired) electrons. The summed E-state index contributed by atoms with van der Waals surface area (Å²) in [6.45, 7) is 2.04. The van der Waals surface area contributed by atoms with E-state index in [2.05, 4.69) is 27.8 Å². The fourth-order valence-electron chi connectivity index (χ4n) is 3.31. The number of nitrogens with one attached hydrogen (secondary N) is 3. The lowest BCUT2D eigenvalue weighted by molar-refractivity contribution is 0.373. The predicted octanol–water partition coefficient (Wildman–Crippen LogP) is 4.71. The van der Waals surface area contributed by atoms with E-state index in [0.29, 0.717) is 22.9 Å². The van der Waals surface area contributed by atoms with Crippen LogP contribution in [0.2, 0.25) is 5.02 Å². The third-order valence-electron chi connectivity index (χ3n) is 4.58. The number of benzene rings is 1. The second-order valence-electron chi connectivity index (χ2n) is 6.43. The van der Waals surface area contributed by atoms with Crippen molar-refractivity contribution in [2.45, 2.75) is 44.6 Å². The van der Waals surface area contributed by atoms with Crippen LogP contribution >= 0.6 is 11.6 Å². The number of nitrogens with zero attached hydrogens (tertiary/aromatic N) is 1. The summed E-state index contributed by atoms with van der Waals surface area (Å²) in [4.78, 5) is 4.28. The predicted molar refractivity (Wildman–Crippen MR) is 99.9 cm³/mol. The smallest absolute Gasteiger partial charge is 0.193 e. The van der Waals surface area contributed by atoms with Crippen LogP contribution in [0.3, 0.4) is 0 Å². The molecule has 1 aromatic carbocycles. The van der Waals surface area contributed by atoms with E-state index in [1.54, 1.807) is 0 Å². The minimum atomic E-state index is 0.348. The van der Waals surface area contributed by atoms with Gasteiger partial charge in [-0.05, 0) is 80.5 Å². The van der Waals surface area contributed by atoms with Gasteiger partial charge in [0.2, 0.25) is 0 Å². The summed E-state index contributed by atoms with van der Waals surface area (Å²) >= 11 is 5.88. The van der Waals surface area contributed by atoms with E-state index in [1.807, 2.05) is 37.4 Å². The lowest BCUT2D eigenvalue weighted by atomic mass is 9.82. The first-order valence-electron chi connectivity index (χ1n) is 8.40.